The number of aliphatic hydroxyl groups excluding tert-OH is 2. The fourth-order valence-electron chi connectivity index (χ4n) is 8.58. The number of unbranched alkanes of at least 4 members (excludes halogenated alkanes) is 2. The van der Waals surface area contributed by atoms with Crippen molar-refractivity contribution in [3.8, 4) is 0 Å². The van der Waals surface area contributed by atoms with Crippen molar-refractivity contribution in [2.24, 2.45) is 16.2 Å². The van der Waals surface area contributed by atoms with E-state index in [1.807, 2.05) is 27.7 Å². The van der Waals surface area contributed by atoms with Crippen molar-refractivity contribution in [1.29, 1.82) is 0 Å². The number of ether oxygens (including phenoxy) is 1. The highest BCUT2D eigenvalue weighted by Crippen LogP contribution is 2.56. The summed E-state index contributed by atoms with van der Waals surface area (Å²) in [6, 6.07) is 6.39. The van der Waals surface area contributed by atoms with E-state index in [2.05, 4.69) is 68.6 Å². The van der Waals surface area contributed by atoms with Crippen LogP contribution in [0.2, 0.25) is 0 Å². The predicted octanol–water partition coefficient (Wildman–Crippen LogP) is 2.19. The number of fused-ring (bicyclic) bond motifs is 1. The maximum atomic E-state index is 12.9. The number of ketones is 1. The zero-order valence-electron chi connectivity index (χ0n) is 43.2. The van der Waals surface area contributed by atoms with Crippen LogP contribution in [0.3, 0.4) is 0 Å². The molecule has 29 heteroatoms. The molecule has 7 unspecified atom stereocenters. The molecule has 7 N–H and O–H groups in total. The lowest BCUT2D eigenvalue weighted by molar-refractivity contribution is -0.347. The molecule has 1 aliphatic rings. The number of carbonyl (C=O) groups excluding carboxylic acids is 3. The van der Waals surface area contributed by atoms with Gasteiger partial charge >= 0.3 is 5.97 Å². The zero-order valence-corrected chi connectivity index (χ0v) is 45.9. The number of Topliss-reactive ketones (excluding diaryl/α,β-unsaturated/α-hetero) is 1. The van der Waals surface area contributed by atoms with Crippen LogP contribution in [0.1, 0.15) is 129 Å². The molecular weight excluding hydrogens is 1050 g/mol. The molecule has 1 aromatic carbocycles. The van der Waals surface area contributed by atoms with Gasteiger partial charge in [0, 0.05) is 37.8 Å². The molecule has 0 bridgehead atoms. The van der Waals surface area contributed by atoms with Crippen molar-refractivity contribution in [2.75, 3.05) is 32.0 Å². The number of nitrogen functional groups attached to an aromatic ring is 1. The predicted molar refractivity (Wildman–Crippen MR) is 261 cm³/mol. The van der Waals surface area contributed by atoms with Crippen molar-refractivity contribution in [2.45, 2.75) is 156 Å². The van der Waals surface area contributed by atoms with Gasteiger partial charge in [-0.25, -0.2) is 19.3 Å². The van der Waals surface area contributed by atoms with Crippen LogP contribution < -0.4 is 35.9 Å². The van der Waals surface area contributed by atoms with E-state index >= 15 is 0 Å². The second-order valence-corrected chi connectivity index (χ2v) is 25.0. The van der Waals surface area contributed by atoms with E-state index in [0.29, 0.717) is 6.42 Å². The standard InChI is InChI=1S/C46H74N7O19P3/c1-29-30(15-12-16-31(29)14-9-11-20-45(4,5)24-35(56)57)13-8-10-19-44(2,3)23-32(54)17-21-48-34(55)18-22-49-42(60)39(59)46(6,7)26-69-75(66,67)72-74(64,65)68-25-33-38(71-73(61,62)63)37(58)43(70-33)53-28-52-36-40(47)50-27-51-41(36)53/h12,15-16,27-28,33,37-39,43,58-59H,8-11,13-14,17-26H2,1-7H3,(H,48,55)(H,49,60)(H,56,57)(H,64,65)(H,66,67)(H2,47,50,51)(H2,61,62,63)/p-4. The Morgan fingerprint density at radius 2 is 1.44 bits per heavy atom. The first-order valence-corrected chi connectivity index (χ1v) is 28.7. The van der Waals surface area contributed by atoms with Crippen LogP contribution >= 0.6 is 23.5 Å². The first-order chi connectivity index (χ1) is 34.7. The number of rotatable bonds is 33. The number of anilines is 1. The number of phosphoric ester groups is 3. The van der Waals surface area contributed by atoms with Gasteiger partial charge in [-0.2, -0.15) is 0 Å². The van der Waals surface area contributed by atoms with Gasteiger partial charge in [0.2, 0.25) is 11.8 Å². The number of nitrogens with one attached hydrogen (secondary N) is 2. The number of nitrogens with two attached hydrogens (primary N) is 1. The molecule has 4 rings (SSSR count). The Bertz CT molecular complexity index is 2590. The van der Waals surface area contributed by atoms with E-state index in [9.17, 15) is 62.7 Å². The minimum Gasteiger partial charge on any atom is -0.790 e. The zero-order chi connectivity index (χ0) is 56.2. The Balaban J connectivity index is 1.13. The fraction of sp³-hybridized carbons (Fsp3) is 0.674. The third-order valence-corrected chi connectivity index (χ3v) is 15.8. The van der Waals surface area contributed by atoms with Crippen LogP contribution in [0.4, 0.5) is 5.82 Å². The van der Waals surface area contributed by atoms with Gasteiger partial charge in [-0.15, -0.1) is 0 Å². The minimum atomic E-state index is -5.94. The number of aliphatic carboxylic acids is 1. The number of carboxylic acids is 1. The average Bonchev–Trinajstić information content (AvgIpc) is 3.85. The molecule has 0 aliphatic carbocycles. The number of aryl methyl sites for hydroxylation is 2. The molecular formula is C46H70N7O19P3-4. The third-order valence-electron chi connectivity index (χ3n) is 12.7. The lowest BCUT2D eigenvalue weighted by atomic mass is 9.81. The number of carbonyl (C=O) groups is 4. The number of hydrogen-bond acceptors (Lipinski definition) is 22. The van der Waals surface area contributed by atoms with E-state index in [4.69, 9.17) is 15.6 Å². The number of amides is 2. The highest BCUT2D eigenvalue weighted by atomic mass is 31.3. The minimum absolute atomic E-state index is 0.0214. The second kappa shape index (κ2) is 27.0. The van der Waals surface area contributed by atoms with Gasteiger partial charge in [0.25, 0.3) is 15.6 Å². The Labute approximate surface area is 435 Å². The topological polar surface area (TPSA) is 412 Å². The number of imidazole rings is 1. The summed E-state index contributed by atoms with van der Waals surface area (Å²) < 4.78 is 61.0. The first-order valence-electron chi connectivity index (χ1n) is 24.3. The molecule has 7 atom stereocenters. The molecule has 75 heavy (non-hydrogen) atoms. The summed E-state index contributed by atoms with van der Waals surface area (Å²) in [6.07, 6.45) is 0.258. The number of aliphatic hydroxyl groups is 2. The Morgan fingerprint density at radius 3 is 2.04 bits per heavy atom. The Kier molecular flexibility index (Phi) is 22.8. The number of hydrogen-bond donors (Lipinski definition) is 6. The molecule has 26 nitrogen and oxygen atoms in total. The molecule has 1 aliphatic heterocycles. The lowest BCUT2D eigenvalue weighted by Gasteiger charge is -2.36. The molecule has 0 saturated carbocycles. The maximum absolute atomic E-state index is 12.9. The van der Waals surface area contributed by atoms with Gasteiger partial charge < -0.3 is 74.1 Å². The quantitative estimate of drug-likeness (QED) is 0.0376. The van der Waals surface area contributed by atoms with Gasteiger partial charge in [0.1, 0.15) is 42.0 Å². The fourth-order valence-corrected chi connectivity index (χ4v) is 11.3. The van der Waals surface area contributed by atoms with Gasteiger partial charge in [0.15, 0.2) is 17.7 Å². The molecule has 3 heterocycles. The summed E-state index contributed by atoms with van der Waals surface area (Å²) in [5, 5.41) is 35.7. The van der Waals surface area contributed by atoms with Crippen LogP contribution in [0.25, 0.3) is 11.2 Å². The summed E-state index contributed by atoms with van der Waals surface area (Å²) >= 11 is 0. The maximum Gasteiger partial charge on any atom is 0.303 e. The smallest absolute Gasteiger partial charge is 0.303 e. The highest BCUT2D eigenvalue weighted by Gasteiger charge is 2.47. The molecule has 2 aromatic heterocycles. The van der Waals surface area contributed by atoms with Crippen LogP contribution in [-0.2, 0) is 68.3 Å². The van der Waals surface area contributed by atoms with E-state index in [-0.39, 0.29) is 65.9 Å². The molecule has 0 radical (unpaired) electrons. The Hall–Kier alpha value is -4.10. The van der Waals surface area contributed by atoms with E-state index < -0.39 is 90.5 Å². The van der Waals surface area contributed by atoms with Crippen LogP contribution in [-0.4, -0.2) is 109 Å². The third kappa shape index (κ3) is 20.7. The largest absolute Gasteiger partial charge is 0.790 e. The van der Waals surface area contributed by atoms with Crippen LogP contribution in [0, 0.1) is 23.2 Å². The molecule has 1 fully saturated rings. The molecule has 3 aromatic rings. The SMILES string of the molecule is Cc1c(CCCCC(C)(C)CC(=O)O)cccc1CCCCC(C)(C)CC(=O)CCNC(=O)CCNC(=O)C(O)C(C)(C)COP(=O)([O-])OP(=O)([O-])OCC1OC(n2cnc3c(N)ncnc32)C(O)C1OP(=O)([O-])[O-]. The highest BCUT2D eigenvalue weighted by molar-refractivity contribution is 7.59. The Morgan fingerprint density at radius 1 is 0.853 bits per heavy atom. The molecule has 422 valence electrons. The first kappa shape index (κ1) is 63.4. The van der Waals surface area contributed by atoms with Gasteiger partial charge in [0.05, 0.1) is 33.8 Å². The summed E-state index contributed by atoms with van der Waals surface area (Å²) in [5.41, 5.74) is 7.46. The lowest BCUT2D eigenvalue weighted by Crippen LogP contribution is -2.46. The van der Waals surface area contributed by atoms with E-state index in [1.54, 1.807) is 0 Å². The number of nitrogens with zero attached hydrogens (tertiary/aromatic N) is 4. The normalized spacial score (nSPS) is 19.6. The van der Waals surface area contributed by atoms with E-state index in [1.165, 1.54) is 30.5 Å². The summed E-state index contributed by atoms with van der Waals surface area (Å²) in [5.74, 6) is -2.40. The average molecular weight is 1120 g/mol. The van der Waals surface area contributed by atoms with Crippen LogP contribution in [0.5, 0.6) is 0 Å². The summed E-state index contributed by atoms with van der Waals surface area (Å²) in [4.78, 5) is 109. The number of aromatic nitrogens is 4. The van der Waals surface area contributed by atoms with Gasteiger partial charge in [-0.3, -0.25) is 32.9 Å². The van der Waals surface area contributed by atoms with Crippen molar-refractivity contribution in [1.82, 2.24) is 30.2 Å². The van der Waals surface area contributed by atoms with Gasteiger partial charge in [-0.05, 0) is 73.0 Å². The summed E-state index contributed by atoms with van der Waals surface area (Å²) in [6.45, 7) is 10.1. The van der Waals surface area contributed by atoms with E-state index in [0.717, 1.165) is 68.6 Å². The molecule has 2 amide bonds. The summed E-state index contributed by atoms with van der Waals surface area (Å²) in [7, 11) is -17.7. The monoisotopic (exact) mass is 1120 g/mol. The number of benzene rings is 1. The van der Waals surface area contributed by atoms with Crippen molar-refractivity contribution >= 4 is 64.0 Å². The van der Waals surface area contributed by atoms with Gasteiger partial charge in [-0.1, -0.05) is 72.6 Å². The van der Waals surface area contributed by atoms with Crippen molar-refractivity contribution < 1.29 is 90.4 Å². The van der Waals surface area contributed by atoms with Crippen LogP contribution in [0.15, 0.2) is 30.9 Å². The molecule has 0 spiro atoms. The van der Waals surface area contributed by atoms with Crippen molar-refractivity contribution in [3.63, 3.8) is 0 Å². The van der Waals surface area contributed by atoms with Crippen molar-refractivity contribution in [3.05, 3.63) is 47.5 Å². The second-order valence-electron chi connectivity index (χ2n) is 21.0. The number of phosphoric acid groups is 3. The number of carboxylic acid groups (broad SMARTS) is 1. The molecule has 1 saturated heterocycles.